The summed E-state index contributed by atoms with van der Waals surface area (Å²) in [4.78, 5) is 12.6. The van der Waals surface area contributed by atoms with E-state index in [1.807, 2.05) is 24.3 Å². The Morgan fingerprint density at radius 2 is 1.69 bits per heavy atom. The van der Waals surface area contributed by atoms with E-state index < -0.39 is 0 Å². The van der Waals surface area contributed by atoms with Gasteiger partial charge in [-0.2, -0.15) is 0 Å². The number of rotatable bonds is 7. The van der Waals surface area contributed by atoms with Crippen molar-refractivity contribution in [2.24, 2.45) is 11.7 Å². The smallest absolute Gasteiger partial charge is 0.223 e. The van der Waals surface area contributed by atoms with Crippen LogP contribution in [0, 0.1) is 5.92 Å². The topological polar surface area (TPSA) is 55.1 Å². The lowest BCUT2D eigenvalue weighted by Gasteiger charge is -2.21. The van der Waals surface area contributed by atoms with E-state index in [4.69, 9.17) is 5.73 Å². The van der Waals surface area contributed by atoms with Crippen LogP contribution in [0.15, 0.2) is 60.7 Å². The van der Waals surface area contributed by atoms with E-state index in [2.05, 4.69) is 41.7 Å². The summed E-state index contributed by atoms with van der Waals surface area (Å²) in [6, 6.07) is 21.1. The van der Waals surface area contributed by atoms with Gasteiger partial charge < -0.3 is 11.1 Å². The summed E-state index contributed by atoms with van der Waals surface area (Å²) in [5.41, 5.74) is 8.51. The van der Waals surface area contributed by atoms with Crippen LogP contribution in [0.1, 0.15) is 49.3 Å². The van der Waals surface area contributed by atoms with Gasteiger partial charge in [-0.05, 0) is 49.7 Å². The first-order valence-electron chi connectivity index (χ1n) is 9.37. The molecule has 3 nitrogen and oxygen atoms in total. The molecule has 1 aliphatic rings. The standard InChI is InChI=1S/C22H28N2O.ClH/c23-20-15-14-19(16-20)22(25)24-21(18-11-5-2-6-12-18)13-7-10-17-8-3-1-4-9-17;/h1-6,8-9,11-12,19-21H,7,10,13-16,23H2,(H,24,25);1H. The molecule has 3 unspecified atom stereocenters. The third-order valence-corrected chi connectivity index (χ3v) is 5.16. The van der Waals surface area contributed by atoms with Crippen LogP contribution in [-0.2, 0) is 11.2 Å². The molecule has 26 heavy (non-hydrogen) atoms. The second-order valence-corrected chi connectivity index (χ2v) is 7.12. The van der Waals surface area contributed by atoms with Gasteiger partial charge in [0.05, 0.1) is 6.04 Å². The molecule has 0 aromatic heterocycles. The molecule has 0 radical (unpaired) electrons. The van der Waals surface area contributed by atoms with Crippen molar-refractivity contribution >= 4 is 18.3 Å². The molecule has 4 heteroatoms. The maximum atomic E-state index is 12.6. The molecule has 0 saturated heterocycles. The van der Waals surface area contributed by atoms with Crippen molar-refractivity contribution in [3.63, 3.8) is 0 Å². The summed E-state index contributed by atoms with van der Waals surface area (Å²) in [5.74, 6) is 0.247. The zero-order valence-corrected chi connectivity index (χ0v) is 16.0. The van der Waals surface area contributed by atoms with Crippen LogP contribution in [-0.4, -0.2) is 11.9 Å². The van der Waals surface area contributed by atoms with Crippen LogP contribution in [0.3, 0.4) is 0 Å². The normalized spacial score (nSPS) is 20.2. The number of nitrogens with two attached hydrogens (primary N) is 1. The van der Waals surface area contributed by atoms with E-state index in [1.54, 1.807) is 0 Å². The van der Waals surface area contributed by atoms with Crippen molar-refractivity contribution in [3.05, 3.63) is 71.8 Å². The van der Waals surface area contributed by atoms with Gasteiger partial charge in [-0.25, -0.2) is 0 Å². The van der Waals surface area contributed by atoms with Crippen molar-refractivity contribution in [2.45, 2.75) is 50.6 Å². The molecule has 0 spiro atoms. The number of amides is 1. The fraction of sp³-hybridized carbons (Fsp3) is 0.409. The van der Waals surface area contributed by atoms with Crippen molar-refractivity contribution in [1.82, 2.24) is 5.32 Å². The van der Waals surface area contributed by atoms with Crippen LogP contribution in [0.5, 0.6) is 0 Å². The second-order valence-electron chi connectivity index (χ2n) is 7.12. The molecule has 1 aliphatic carbocycles. The highest BCUT2D eigenvalue weighted by atomic mass is 35.5. The average molecular weight is 373 g/mol. The number of halogens is 1. The zero-order valence-electron chi connectivity index (χ0n) is 15.1. The number of hydrogen-bond acceptors (Lipinski definition) is 2. The van der Waals surface area contributed by atoms with E-state index in [1.165, 1.54) is 11.1 Å². The van der Waals surface area contributed by atoms with Gasteiger partial charge in [-0.1, -0.05) is 60.7 Å². The Morgan fingerprint density at radius 3 is 2.31 bits per heavy atom. The van der Waals surface area contributed by atoms with Crippen molar-refractivity contribution in [3.8, 4) is 0 Å². The summed E-state index contributed by atoms with van der Waals surface area (Å²) in [6.45, 7) is 0. The molecule has 1 amide bonds. The minimum Gasteiger partial charge on any atom is -0.349 e. The molecule has 3 atom stereocenters. The van der Waals surface area contributed by atoms with Gasteiger partial charge in [-0.15, -0.1) is 12.4 Å². The van der Waals surface area contributed by atoms with E-state index in [0.29, 0.717) is 0 Å². The van der Waals surface area contributed by atoms with Crippen LogP contribution < -0.4 is 11.1 Å². The molecule has 0 bridgehead atoms. The highest BCUT2D eigenvalue weighted by molar-refractivity contribution is 5.85. The number of carbonyl (C=O) groups excluding carboxylic acids is 1. The number of carbonyl (C=O) groups is 1. The third kappa shape index (κ3) is 5.86. The van der Waals surface area contributed by atoms with Gasteiger partial charge in [0.1, 0.15) is 0 Å². The molecular formula is C22H29ClN2O. The lowest BCUT2D eigenvalue weighted by atomic mass is 9.97. The summed E-state index contributed by atoms with van der Waals surface area (Å²) < 4.78 is 0. The van der Waals surface area contributed by atoms with Gasteiger partial charge in [0.25, 0.3) is 0 Å². The van der Waals surface area contributed by atoms with E-state index in [9.17, 15) is 4.79 Å². The Bertz CT molecular complexity index is 662. The number of aryl methyl sites for hydroxylation is 1. The Kier molecular flexibility index (Phi) is 8.14. The fourth-order valence-electron chi connectivity index (χ4n) is 3.71. The molecular weight excluding hydrogens is 344 g/mol. The first-order valence-corrected chi connectivity index (χ1v) is 9.37. The molecule has 1 saturated carbocycles. The van der Waals surface area contributed by atoms with Gasteiger partial charge in [-0.3, -0.25) is 4.79 Å². The van der Waals surface area contributed by atoms with Crippen molar-refractivity contribution in [2.75, 3.05) is 0 Å². The highest BCUT2D eigenvalue weighted by Gasteiger charge is 2.29. The van der Waals surface area contributed by atoms with Gasteiger partial charge in [0, 0.05) is 12.0 Å². The lowest BCUT2D eigenvalue weighted by Crippen LogP contribution is -2.33. The number of benzene rings is 2. The summed E-state index contributed by atoms with van der Waals surface area (Å²) in [5, 5.41) is 3.29. The van der Waals surface area contributed by atoms with Crippen molar-refractivity contribution in [1.29, 1.82) is 0 Å². The monoisotopic (exact) mass is 372 g/mol. The van der Waals surface area contributed by atoms with E-state index >= 15 is 0 Å². The molecule has 140 valence electrons. The molecule has 3 rings (SSSR count). The number of hydrogen-bond donors (Lipinski definition) is 2. The minimum atomic E-state index is 0. The predicted octanol–water partition coefficient (Wildman–Crippen LogP) is 4.42. The Labute approximate surface area is 162 Å². The van der Waals surface area contributed by atoms with Gasteiger partial charge >= 0.3 is 0 Å². The molecule has 2 aromatic rings. The highest BCUT2D eigenvalue weighted by Crippen LogP contribution is 2.26. The molecule has 0 heterocycles. The summed E-state index contributed by atoms with van der Waals surface area (Å²) in [7, 11) is 0. The summed E-state index contributed by atoms with van der Waals surface area (Å²) >= 11 is 0. The van der Waals surface area contributed by atoms with E-state index in [0.717, 1.165) is 38.5 Å². The average Bonchev–Trinajstić information content (AvgIpc) is 3.09. The Hall–Kier alpha value is -1.84. The fourth-order valence-corrected chi connectivity index (χ4v) is 3.71. The maximum absolute atomic E-state index is 12.6. The maximum Gasteiger partial charge on any atom is 0.223 e. The van der Waals surface area contributed by atoms with E-state index in [-0.39, 0.29) is 36.3 Å². The van der Waals surface area contributed by atoms with Crippen LogP contribution in [0.4, 0.5) is 0 Å². The third-order valence-electron chi connectivity index (χ3n) is 5.16. The SMILES string of the molecule is Cl.NC1CCC(C(=O)NC(CCCc2ccccc2)c2ccccc2)C1. The Morgan fingerprint density at radius 1 is 1.04 bits per heavy atom. The van der Waals surface area contributed by atoms with Crippen LogP contribution >= 0.6 is 12.4 Å². The Balaban J connectivity index is 0.00000243. The predicted molar refractivity (Wildman–Crippen MR) is 109 cm³/mol. The molecule has 0 aliphatic heterocycles. The first kappa shape index (κ1) is 20.5. The second kappa shape index (κ2) is 10.3. The zero-order chi connectivity index (χ0) is 17.5. The van der Waals surface area contributed by atoms with Crippen LogP contribution in [0.25, 0.3) is 0 Å². The lowest BCUT2D eigenvalue weighted by molar-refractivity contribution is -0.125. The molecule has 1 fully saturated rings. The minimum absolute atomic E-state index is 0. The molecule has 3 N–H and O–H groups in total. The first-order chi connectivity index (χ1) is 12.2. The molecule has 2 aromatic carbocycles. The number of nitrogens with one attached hydrogen (secondary N) is 1. The van der Waals surface area contributed by atoms with Gasteiger partial charge in [0.2, 0.25) is 5.91 Å². The van der Waals surface area contributed by atoms with Gasteiger partial charge in [0.15, 0.2) is 0 Å². The quantitative estimate of drug-likeness (QED) is 0.756. The largest absolute Gasteiger partial charge is 0.349 e. The van der Waals surface area contributed by atoms with Crippen molar-refractivity contribution < 1.29 is 4.79 Å². The van der Waals surface area contributed by atoms with Crippen LogP contribution in [0.2, 0.25) is 0 Å². The summed E-state index contributed by atoms with van der Waals surface area (Å²) in [6.07, 6.45) is 5.73.